The molecule has 0 aliphatic heterocycles. The van der Waals surface area contributed by atoms with Crippen molar-refractivity contribution in [3.8, 4) is 11.6 Å². The third-order valence-electron chi connectivity index (χ3n) is 2.90. The predicted octanol–water partition coefficient (Wildman–Crippen LogP) is 4.11. The van der Waals surface area contributed by atoms with Crippen molar-refractivity contribution in [3.63, 3.8) is 0 Å². The Morgan fingerprint density at radius 3 is 2.84 bits per heavy atom. The van der Waals surface area contributed by atoms with Gasteiger partial charge in [-0.15, -0.1) is 0 Å². The number of aryl methyl sites for hydroxylation is 1. The van der Waals surface area contributed by atoms with Crippen molar-refractivity contribution < 1.29 is 4.74 Å². The molecule has 2 rings (SSSR count). The number of halogens is 1. The molecule has 1 atom stereocenters. The number of pyridine rings is 1. The average Bonchev–Trinajstić information content (AvgIpc) is 2.41. The topological polar surface area (TPSA) is 48.1 Å². The summed E-state index contributed by atoms with van der Waals surface area (Å²) < 4.78 is 5.82. The van der Waals surface area contributed by atoms with Crippen molar-refractivity contribution in [3.05, 3.63) is 52.7 Å². The molecule has 0 radical (unpaired) electrons. The molecule has 0 unspecified atom stereocenters. The Morgan fingerprint density at radius 1 is 1.37 bits per heavy atom. The zero-order valence-electron chi connectivity index (χ0n) is 11.1. The number of nitrogens with zero attached hydrogens (tertiary/aromatic N) is 1. The highest BCUT2D eigenvalue weighted by Crippen LogP contribution is 2.29. The van der Waals surface area contributed by atoms with E-state index in [-0.39, 0.29) is 6.04 Å². The lowest BCUT2D eigenvalue weighted by molar-refractivity contribution is 0.451. The predicted molar refractivity (Wildman–Crippen MR) is 77.7 cm³/mol. The number of benzene rings is 1. The first-order valence-corrected chi connectivity index (χ1v) is 6.66. The van der Waals surface area contributed by atoms with Gasteiger partial charge in [0.2, 0.25) is 5.88 Å². The van der Waals surface area contributed by atoms with Gasteiger partial charge in [0.25, 0.3) is 0 Å². The number of hydrogen-bond donors (Lipinski definition) is 1. The van der Waals surface area contributed by atoms with Gasteiger partial charge in [0.15, 0.2) is 0 Å². The lowest BCUT2D eigenvalue weighted by Gasteiger charge is -2.13. The van der Waals surface area contributed by atoms with Crippen molar-refractivity contribution in [2.45, 2.75) is 26.3 Å². The van der Waals surface area contributed by atoms with E-state index in [0.717, 1.165) is 28.3 Å². The molecule has 100 valence electrons. The molecule has 1 aromatic heterocycles. The van der Waals surface area contributed by atoms with Gasteiger partial charge in [-0.2, -0.15) is 0 Å². The van der Waals surface area contributed by atoms with Crippen LogP contribution in [0, 0.1) is 0 Å². The van der Waals surface area contributed by atoms with Crippen LogP contribution in [0.1, 0.15) is 31.0 Å². The number of hydrogen-bond acceptors (Lipinski definition) is 3. The van der Waals surface area contributed by atoms with Gasteiger partial charge in [-0.3, -0.25) is 0 Å². The summed E-state index contributed by atoms with van der Waals surface area (Å²) >= 11 is 6.09. The van der Waals surface area contributed by atoms with Crippen LogP contribution >= 0.6 is 11.6 Å². The maximum atomic E-state index is 6.09. The molecule has 0 aliphatic carbocycles. The monoisotopic (exact) mass is 276 g/mol. The Bertz CT molecular complexity index is 570. The molecule has 0 spiro atoms. The number of rotatable bonds is 4. The van der Waals surface area contributed by atoms with Gasteiger partial charge in [0.05, 0.1) is 0 Å². The van der Waals surface area contributed by atoms with Gasteiger partial charge < -0.3 is 10.5 Å². The molecular formula is C15H17ClN2O. The molecule has 4 heteroatoms. The third-order valence-corrected chi connectivity index (χ3v) is 3.27. The Hall–Kier alpha value is -1.58. The lowest BCUT2D eigenvalue weighted by atomic mass is 10.1. The Kier molecular flexibility index (Phi) is 4.40. The molecule has 1 heterocycles. The minimum absolute atomic E-state index is 0.123. The average molecular weight is 277 g/mol. The minimum Gasteiger partial charge on any atom is -0.439 e. The molecule has 0 saturated heterocycles. The largest absolute Gasteiger partial charge is 0.439 e. The molecule has 3 nitrogen and oxygen atoms in total. The fourth-order valence-electron chi connectivity index (χ4n) is 1.83. The van der Waals surface area contributed by atoms with Gasteiger partial charge in [-0.25, -0.2) is 4.98 Å². The summed E-state index contributed by atoms with van der Waals surface area (Å²) in [5.41, 5.74) is 7.85. The molecule has 2 aromatic rings. The van der Waals surface area contributed by atoms with Crippen LogP contribution in [-0.2, 0) is 6.42 Å². The summed E-state index contributed by atoms with van der Waals surface area (Å²) in [5, 5.41) is 0.753. The fourth-order valence-corrected chi connectivity index (χ4v) is 2.08. The highest BCUT2D eigenvalue weighted by Gasteiger charge is 2.10. The van der Waals surface area contributed by atoms with E-state index >= 15 is 0 Å². The maximum absolute atomic E-state index is 6.09. The second kappa shape index (κ2) is 6.04. The summed E-state index contributed by atoms with van der Waals surface area (Å²) in [6.45, 7) is 3.96. The van der Waals surface area contributed by atoms with E-state index in [9.17, 15) is 0 Å². The fraction of sp³-hybridized carbons (Fsp3) is 0.267. The maximum Gasteiger partial charge on any atom is 0.223 e. The summed E-state index contributed by atoms with van der Waals surface area (Å²) in [5.74, 6) is 1.27. The molecule has 0 amide bonds. The first-order valence-electron chi connectivity index (χ1n) is 6.28. The Morgan fingerprint density at radius 2 is 2.16 bits per heavy atom. The summed E-state index contributed by atoms with van der Waals surface area (Å²) in [7, 11) is 0. The third kappa shape index (κ3) is 3.25. The van der Waals surface area contributed by atoms with Crippen molar-refractivity contribution in [2.75, 3.05) is 0 Å². The minimum atomic E-state index is -0.123. The smallest absolute Gasteiger partial charge is 0.223 e. The molecule has 2 N–H and O–H groups in total. The zero-order valence-corrected chi connectivity index (χ0v) is 11.8. The second-order valence-corrected chi connectivity index (χ2v) is 4.80. The highest BCUT2D eigenvalue weighted by atomic mass is 35.5. The highest BCUT2D eigenvalue weighted by molar-refractivity contribution is 6.31. The van der Waals surface area contributed by atoms with E-state index in [4.69, 9.17) is 22.1 Å². The standard InChI is InChI=1S/C15H17ClN2O/c1-3-11-9-12(6-7-14(11)16)19-15-13(10(2)17)5-4-8-18-15/h4-10H,3,17H2,1-2H3/t10-/m1/s1. The van der Waals surface area contributed by atoms with Crippen LogP contribution in [0.15, 0.2) is 36.5 Å². The first-order chi connectivity index (χ1) is 9.11. The molecule has 0 bridgehead atoms. The molecule has 0 saturated carbocycles. The van der Waals surface area contributed by atoms with Crippen molar-refractivity contribution >= 4 is 11.6 Å². The van der Waals surface area contributed by atoms with Gasteiger partial charge in [0.1, 0.15) is 5.75 Å². The van der Waals surface area contributed by atoms with E-state index in [0.29, 0.717) is 5.88 Å². The van der Waals surface area contributed by atoms with E-state index in [1.54, 1.807) is 6.20 Å². The lowest BCUT2D eigenvalue weighted by Crippen LogP contribution is -2.07. The summed E-state index contributed by atoms with van der Waals surface area (Å²) in [4.78, 5) is 4.24. The molecule has 1 aromatic carbocycles. The summed E-state index contributed by atoms with van der Waals surface area (Å²) in [6.07, 6.45) is 2.55. The van der Waals surface area contributed by atoms with E-state index in [1.807, 2.05) is 37.3 Å². The SMILES string of the molecule is CCc1cc(Oc2ncccc2[C@@H](C)N)ccc1Cl. The van der Waals surface area contributed by atoms with Crippen LogP contribution in [0.3, 0.4) is 0 Å². The first kappa shape index (κ1) is 13.8. The van der Waals surface area contributed by atoms with Gasteiger partial charge in [-0.05, 0) is 43.2 Å². The van der Waals surface area contributed by atoms with E-state index in [2.05, 4.69) is 11.9 Å². The molecule has 19 heavy (non-hydrogen) atoms. The van der Waals surface area contributed by atoms with Gasteiger partial charge in [-0.1, -0.05) is 24.6 Å². The van der Waals surface area contributed by atoms with Gasteiger partial charge >= 0.3 is 0 Å². The quantitative estimate of drug-likeness (QED) is 0.914. The number of ether oxygens (including phenoxy) is 1. The van der Waals surface area contributed by atoms with Crippen LogP contribution in [0.5, 0.6) is 11.6 Å². The number of nitrogens with two attached hydrogens (primary N) is 1. The summed E-state index contributed by atoms with van der Waals surface area (Å²) in [6, 6.07) is 9.25. The van der Waals surface area contributed by atoms with Crippen molar-refractivity contribution in [1.29, 1.82) is 0 Å². The van der Waals surface area contributed by atoms with Crippen LogP contribution < -0.4 is 10.5 Å². The van der Waals surface area contributed by atoms with Crippen LogP contribution in [-0.4, -0.2) is 4.98 Å². The van der Waals surface area contributed by atoms with Crippen LogP contribution in [0.4, 0.5) is 0 Å². The Labute approximate surface area is 118 Å². The van der Waals surface area contributed by atoms with Crippen LogP contribution in [0.2, 0.25) is 5.02 Å². The van der Waals surface area contributed by atoms with Crippen molar-refractivity contribution in [2.24, 2.45) is 5.73 Å². The van der Waals surface area contributed by atoms with Crippen LogP contribution in [0.25, 0.3) is 0 Å². The molecular weight excluding hydrogens is 260 g/mol. The van der Waals surface area contributed by atoms with E-state index in [1.165, 1.54) is 0 Å². The molecule has 0 aliphatic rings. The van der Waals surface area contributed by atoms with Crippen molar-refractivity contribution in [1.82, 2.24) is 4.98 Å². The molecule has 0 fully saturated rings. The second-order valence-electron chi connectivity index (χ2n) is 4.40. The zero-order chi connectivity index (χ0) is 13.8. The normalized spacial score (nSPS) is 12.2. The van der Waals surface area contributed by atoms with E-state index < -0.39 is 0 Å². The number of aromatic nitrogens is 1. The Balaban J connectivity index is 2.31. The van der Waals surface area contributed by atoms with Gasteiger partial charge in [0, 0.05) is 22.8 Å².